The van der Waals surface area contributed by atoms with Crippen molar-refractivity contribution in [2.45, 2.75) is 11.8 Å². The van der Waals surface area contributed by atoms with E-state index in [0.717, 1.165) is 22.0 Å². The van der Waals surface area contributed by atoms with Crippen LogP contribution in [0, 0.1) is 6.92 Å². The highest BCUT2D eigenvalue weighted by Crippen LogP contribution is 2.35. The van der Waals surface area contributed by atoms with Crippen molar-refractivity contribution < 1.29 is 4.79 Å². The molecule has 5 heteroatoms. The number of fused-ring (bicyclic) bond motifs is 1. The Bertz CT molecular complexity index is 654. The van der Waals surface area contributed by atoms with Gasteiger partial charge in [0.25, 0.3) is 5.91 Å². The zero-order valence-electron chi connectivity index (χ0n) is 11.0. The molecule has 0 radical (unpaired) electrons. The molecule has 0 N–H and O–H groups in total. The molecule has 3 rings (SSSR count). The van der Waals surface area contributed by atoms with E-state index in [1.54, 1.807) is 23.9 Å². The lowest BCUT2D eigenvalue weighted by Crippen LogP contribution is -2.35. The maximum atomic E-state index is 12.7. The number of pyridine rings is 1. The van der Waals surface area contributed by atoms with Gasteiger partial charge in [0.05, 0.1) is 5.69 Å². The van der Waals surface area contributed by atoms with Gasteiger partial charge in [-0.25, -0.2) is 4.98 Å². The zero-order valence-corrected chi connectivity index (χ0v) is 12.5. The molecule has 1 aliphatic heterocycles. The molecule has 1 aliphatic rings. The van der Waals surface area contributed by atoms with Crippen LogP contribution in [0.25, 0.3) is 0 Å². The minimum atomic E-state index is -0.0230. The number of rotatable bonds is 1. The van der Waals surface area contributed by atoms with Crippen LogP contribution in [0.2, 0.25) is 5.15 Å². The number of carbonyl (C=O) groups is 1. The summed E-state index contributed by atoms with van der Waals surface area (Å²) >= 11 is 7.73. The summed E-state index contributed by atoms with van der Waals surface area (Å²) < 4.78 is 0. The van der Waals surface area contributed by atoms with E-state index >= 15 is 0 Å². The summed E-state index contributed by atoms with van der Waals surface area (Å²) in [5, 5.41) is 0.355. The van der Waals surface area contributed by atoms with E-state index in [-0.39, 0.29) is 5.91 Å². The van der Waals surface area contributed by atoms with Crippen LogP contribution in [-0.4, -0.2) is 23.2 Å². The first kappa shape index (κ1) is 13.5. The maximum absolute atomic E-state index is 12.7. The highest BCUT2D eigenvalue weighted by atomic mass is 35.5. The fourth-order valence-corrected chi connectivity index (χ4v) is 3.53. The predicted molar refractivity (Wildman–Crippen MR) is 82.8 cm³/mol. The number of nitrogens with zero attached hydrogens (tertiary/aromatic N) is 2. The molecule has 1 aromatic heterocycles. The average molecular weight is 305 g/mol. The molecule has 0 spiro atoms. The number of benzene rings is 1. The number of halogens is 1. The number of anilines is 1. The van der Waals surface area contributed by atoms with E-state index in [0.29, 0.717) is 17.3 Å². The van der Waals surface area contributed by atoms with Gasteiger partial charge in [0.2, 0.25) is 0 Å². The van der Waals surface area contributed by atoms with Gasteiger partial charge >= 0.3 is 0 Å². The largest absolute Gasteiger partial charge is 0.306 e. The molecular formula is C15H13ClN2OS. The van der Waals surface area contributed by atoms with Gasteiger partial charge in [0.1, 0.15) is 5.15 Å². The second-order valence-corrected chi connectivity index (χ2v) is 6.12. The second-order valence-electron chi connectivity index (χ2n) is 4.59. The Kier molecular flexibility index (Phi) is 3.68. The minimum absolute atomic E-state index is 0.0230. The number of hydrogen-bond acceptors (Lipinski definition) is 3. The normalized spacial score (nSPS) is 14.0. The van der Waals surface area contributed by atoms with Gasteiger partial charge in [-0.3, -0.25) is 4.79 Å². The van der Waals surface area contributed by atoms with Crippen molar-refractivity contribution in [3.63, 3.8) is 0 Å². The maximum Gasteiger partial charge on any atom is 0.258 e. The van der Waals surface area contributed by atoms with Gasteiger partial charge in [0.15, 0.2) is 0 Å². The van der Waals surface area contributed by atoms with Gasteiger partial charge < -0.3 is 4.90 Å². The fraction of sp³-hybridized carbons (Fsp3) is 0.200. The number of amides is 1. The number of thioether (sulfide) groups is 1. The lowest BCUT2D eigenvalue weighted by Gasteiger charge is -2.29. The molecule has 0 bridgehead atoms. The van der Waals surface area contributed by atoms with Crippen molar-refractivity contribution in [1.82, 2.24) is 4.98 Å². The van der Waals surface area contributed by atoms with Crippen molar-refractivity contribution in [1.29, 1.82) is 0 Å². The summed E-state index contributed by atoms with van der Waals surface area (Å²) in [5.74, 6) is 0.880. The molecule has 0 saturated carbocycles. The van der Waals surface area contributed by atoms with Gasteiger partial charge in [-0.15, -0.1) is 11.8 Å². The standard InChI is InChI=1S/C15H13ClN2OS/c1-10-8-11(9-14(16)17-10)15(19)18-6-7-20-13-5-3-2-4-12(13)18/h2-5,8-9H,6-7H2,1H3. The Morgan fingerprint density at radius 3 is 2.95 bits per heavy atom. The van der Waals surface area contributed by atoms with E-state index < -0.39 is 0 Å². The number of aryl methyl sites for hydroxylation is 1. The van der Waals surface area contributed by atoms with E-state index in [1.807, 2.05) is 36.1 Å². The van der Waals surface area contributed by atoms with E-state index in [2.05, 4.69) is 4.98 Å². The molecule has 0 saturated heterocycles. The molecule has 0 aliphatic carbocycles. The van der Waals surface area contributed by atoms with Gasteiger partial charge in [-0.05, 0) is 31.2 Å². The average Bonchev–Trinajstić information content (AvgIpc) is 2.45. The van der Waals surface area contributed by atoms with Crippen molar-refractivity contribution in [2.24, 2.45) is 0 Å². The van der Waals surface area contributed by atoms with Crippen molar-refractivity contribution >= 4 is 35.0 Å². The second kappa shape index (κ2) is 5.46. The molecular weight excluding hydrogens is 292 g/mol. The Balaban J connectivity index is 1.99. The Labute approximate surface area is 127 Å². The molecule has 2 heterocycles. The van der Waals surface area contributed by atoms with Gasteiger partial charge in [-0.2, -0.15) is 0 Å². The molecule has 0 atom stereocenters. The smallest absolute Gasteiger partial charge is 0.258 e. The number of hydrogen-bond donors (Lipinski definition) is 0. The summed E-state index contributed by atoms with van der Waals surface area (Å²) in [6, 6.07) is 11.4. The third-order valence-corrected chi connectivity index (χ3v) is 4.38. The summed E-state index contributed by atoms with van der Waals surface area (Å²) in [6.45, 7) is 2.54. The SMILES string of the molecule is Cc1cc(C(=O)N2CCSc3ccccc32)cc(Cl)n1. The molecule has 3 nitrogen and oxygen atoms in total. The van der Waals surface area contributed by atoms with Crippen LogP contribution in [-0.2, 0) is 0 Å². The quantitative estimate of drug-likeness (QED) is 0.751. The van der Waals surface area contributed by atoms with E-state index in [1.165, 1.54) is 0 Å². The third-order valence-electron chi connectivity index (χ3n) is 3.14. The van der Waals surface area contributed by atoms with Crippen LogP contribution >= 0.6 is 23.4 Å². The topological polar surface area (TPSA) is 33.2 Å². The van der Waals surface area contributed by atoms with Crippen LogP contribution < -0.4 is 4.90 Å². The van der Waals surface area contributed by atoms with Crippen LogP contribution in [0.3, 0.4) is 0 Å². The number of aromatic nitrogens is 1. The first-order valence-electron chi connectivity index (χ1n) is 6.33. The molecule has 20 heavy (non-hydrogen) atoms. The monoisotopic (exact) mass is 304 g/mol. The Morgan fingerprint density at radius 2 is 2.15 bits per heavy atom. The predicted octanol–water partition coefficient (Wildman–Crippen LogP) is 3.80. The summed E-state index contributed by atoms with van der Waals surface area (Å²) in [7, 11) is 0. The van der Waals surface area contributed by atoms with Crippen LogP contribution in [0.1, 0.15) is 16.1 Å². The summed E-state index contributed by atoms with van der Waals surface area (Å²) in [4.78, 5) is 19.8. The zero-order chi connectivity index (χ0) is 14.1. The highest BCUT2D eigenvalue weighted by Gasteiger charge is 2.24. The molecule has 0 fully saturated rings. The molecule has 0 unspecified atom stereocenters. The van der Waals surface area contributed by atoms with Crippen molar-refractivity contribution in [2.75, 3.05) is 17.2 Å². The van der Waals surface area contributed by atoms with E-state index in [9.17, 15) is 4.79 Å². The van der Waals surface area contributed by atoms with E-state index in [4.69, 9.17) is 11.6 Å². The lowest BCUT2D eigenvalue weighted by atomic mass is 10.2. The number of para-hydroxylation sites is 1. The minimum Gasteiger partial charge on any atom is -0.306 e. The Hall–Kier alpha value is -1.52. The first-order chi connectivity index (χ1) is 9.65. The van der Waals surface area contributed by atoms with Crippen LogP contribution in [0.15, 0.2) is 41.3 Å². The summed E-state index contributed by atoms with van der Waals surface area (Å²) in [6.07, 6.45) is 0. The summed E-state index contributed by atoms with van der Waals surface area (Å²) in [5.41, 5.74) is 2.31. The van der Waals surface area contributed by atoms with Crippen LogP contribution in [0.5, 0.6) is 0 Å². The van der Waals surface area contributed by atoms with Crippen LogP contribution in [0.4, 0.5) is 5.69 Å². The third kappa shape index (κ3) is 2.53. The Morgan fingerprint density at radius 1 is 1.35 bits per heavy atom. The number of carbonyl (C=O) groups excluding carboxylic acids is 1. The molecule has 102 valence electrons. The molecule has 1 amide bonds. The fourth-order valence-electron chi connectivity index (χ4n) is 2.29. The lowest BCUT2D eigenvalue weighted by molar-refractivity contribution is 0.0987. The first-order valence-corrected chi connectivity index (χ1v) is 7.69. The van der Waals surface area contributed by atoms with Crippen molar-refractivity contribution in [3.8, 4) is 0 Å². The van der Waals surface area contributed by atoms with Gasteiger partial charge in [0, 0.05) is 28.5 Å². The van der Waals surface area contributed by atoms with Gasteiger partial charge in [-0.1, -0.05) is 23.7 Å². The molecule has 2 aromatic rings. The molecule has 1 aromatic carbocycles. The highest BCUT2D eigenvalue weighted by molar-refractivity contribution is 7.99. The van der Waals surface area contributed by atoms with Crippen molar-refractivity contribution in [3.05, 3.63) is 52.8 Å².